The van der Waals surface area contributed by atoms with Crippen molar-refractivity contribution in [3.63, 3.8) is 0 Å². The van der Waals surface area contributed by atoms with Gasteiger partial charge in [-0.05, 0) is 12.8 Å². The van der Waals surface area contributed by atoms with Crippen molar-refractivity contribution in [2.24, 2.45) is 5.73 Å². The van der Waals surface area contributed by atoms with Crippen molar-refractivity contribution >= 4 is 29.7 Å². The maximum absolute atomic E-state index is 10.6. The van der Waals surface area contributed by atoms with E-state index < -0.39 is 5.91 Å². The van der Waals surface area contributed by atoms with Crippen LogP contribution in [0.1, 0.15) is 33.6 Å². The number of hydrogen-bond donors (Lipinski definition) is 1. The molecule has 0 aliphatic heterocycles. The lowest BCUT2D eigenvalue weighted by atomic mass is 10.5. The summed E-state index contributed by atoms with van der Waals surface area (Å²) in [6.45, 7) is 0. The van der Waals surface area contributed by atoms with Gasteiger partial charge in [-0.2, -0.15) is 0 Å². The van der Waals surface area contributed by atoms with E-state index in [1.54, 1.807) is 0 Å². The summed E-state index contributed by atoms with van der Waals surface area (Å²) in [7, 11) is 0. The van der Waals surface area contributed by atoms with Crippen molar-refractivity contribution in [2.75, 3.05) is 0 Å². The third kappa shape index (κ3) is 1.73. The van der Waals surface area contributed by atoms with Crippen LogP contribution in [0.5, 0.6) is 0 Å². The van der Waals surface area contributed by atoms with Gasteiger partial charge in [-0.3, -0.25) is 4.79 Å². The lowest BCUT2D eigenvalue weighted by Gasteiger charge is -1.81. The van der Waals surface area contributed by atoms with Gasteiger partial charge in [0.25, 0.3) is 5.91 Å². The number of hydrogen-bond acceptors (Lipinski definition) is 4. The van der Waals surface area contributed by atoms with Crippen LogP contribution in [0.25, 0.3) is 0 Å². The molecule has 12 heavy (non-hydrogen) atoms. The van der Waals surface area contributed by atoms with E-state index >= 15 is 0 Å². The van der Waals surface area contributed by atoms with E-state index in [4.69, 9.17) is 5.73 Å². The molecule has 0 unspecified atom stereocenters. The summed E-state index contributed by atoms with van der Waals surface area (Å²) in [6.07, 6.45) is 2.35. The summed E-state index contributed by atoms with van der Waals surface area (Å²) in [5, 5.41) is 8.82. The van der Waals surface area contributed by atoms with Gasteiger partial charge in [-0.15, -0.1) is 22.6 Å². The first kappa shape index (κ1) is 9.41. The molecule has 1 aromatic heterocycles. The maximum Gasteiger partial charge on any atom is 0.279 e. The molecule has 0 aromatic carbocycles. The van der Waals surface area contributed by atoms with Gasteiger partial charge >= 0.3 is 0 Å². The van der Waals surface area contributed by atoms with Crippen molar-refractivity contribution in [1.29, 1.82) is 0 Å². The lowest BCUT2D eigenvalue weighted by molar-refractivity contribution is 0.0999. The van der Waals surface area contributed by atoms with E-state index in [0.717, 1.165) is 5.01 Å². The van der Waals surface area contributed by atoms with Crippen LogP contribution in [-0.2, 0) is 0 Å². The van der Waals surface area contributed by atoms with Crippen LogP contribution in [-0.4, -0.2) is 16.1 Å². The quantitative estimate of drug-likeness (QED) is 0.781. The molecule has 0 radical (unpaired) electrons. The zero-order valence-corrected chi connectivity index (χ0v) is 7.82. The van der Waals surface area contributed by atoms with Crippen molar-refractivity contribution in [3.05, 3.63) is 10.0 Å². The molecular weight excluding hydrogens is 198 g/mol. The van der Waals surface area contributed by atoms with Crippen LogP contribution in [0.4, 0.5) is 0 Å². The number of halogens is 1. The highest BCUT2D eigenvalue weighted by molar-refractivity contribution is 7.13. The van der Waals surface area contributed by atoms with Crippen molar-refractivity contribution < 1.29 is 4.79 Å². The standard InChI is InChI=1S/C6H7N3OS.ClH/c7-4(10)6-9-8-5(11-6)3-1-2-3;/h3H,1-2H2,(H2,7,10);1H. The molecule has 66 valence electrons. The zero-order valence-electron chi connectivity index (χ0n) is 6.19. The Hall–Kier alpha value is -0.680. The molecule has 1 aliphatic carbocycles. The average Bonchev–Trinajstić information content (AvgIpc) is 2.68. The SMILES string of the molecule is Cl.NC(=O)c1nnc(C2CC2)s1. The van der Waals surface area contributed by atoms with Crippen LogP contribution in [0.2, 0.25) is 0 Å². The minimum Gasteiger partial charge on any atom is -0.363 e. The predicted octanol–water partition coefficient (Wildman–Crippen LogP) is 0.936. The number of nitrogens with two attached hydrogens (primary N) is 1. The fraction of sp³-hybridized carbons (Fsp3) is 0.500. The number of carbonyl (C=O) groups is 1. The first-order valence-electron chi connectivity index (χ1n) is 3.40. The normalized spacial score (nSPS) is 15.3. The van der Waals surface area contributed by atoms with Crippen LogP contribution in [0.3, 0.4) is 0 Å². The number of primary amides is 1. The number of aromatic nitrogens is 2. The van der Waals surface area contributed by atoms with E-state index in [1.807, 2.05) is 0 Å². The number of rotatable bonds is 2. The van der Waals surface area contributed by atoms with E-state index in [9.17, 15) is 4.79 Å². The summed E-state index contributed by atoms with van der Waals surface area (Å²) < 4.78 is 0. The minimum absolute atomic E-state index is 0. The van der Waals surface area contributed by atoms with E-state index in [0.29, 0.717) is 10.9 Å². The van der Waals surface area contributed by atoms with E-state index in [1.165, 1.54) is 24.2 Å². The number of carbonyl (C=O) groups excluding carboxylic acids is 1. The van der Waals surface area contributed by atoms with Gasteiger partial charge in [-0.25, -0.2) is 0 Å². The smallest absolute Gasteiger partial charge is 0.279 e. The molecule has 0 bridgehead atoms. The predicted molar refractivity (Wildman–Crippen MR) is 47.6 cm³/mol. The second-order valence-corrected chi connectivity index (χ2v) is 3.59. The van der Waals surface area contributed by atoms with Gasteiger partial charge < -0.3 is 5.73 Å². The highest BCUT2D eigenvalue weighted by Crippen LogP contribution is 2.41. The Kier molecular flexibility index (Phi) is 2.64. The fourth-order valence-corrected chi connectivity index (χ4v) is 1.69. The van der Waals surface area contributed by atoms with Gasteiger partial charge in [0.15, 0.2) is 0 Å². The van der Waals surface area contributed by atoms with Crippen molar-refractivity contribution in [3.8, 4) is 0 Å². The minimum atomic E-state index is -0.477. The molecule has 2 rings (SSSR count). The molecule has 1 aliphatic rings. The molecule has 1 fully saturated rings. The van der Waals surface area contributed by atoms with E-state index in [2.05, 4.69) is 10.2 Å². The summed E-state index contributed by atoms with van der Waals surface area (Å²) in [5.41, 5.74) is 5.02. The van der Waals surface area contributed by atoms with E-state index in [-0.39, 0.29) is 12.4 Å². The first-order valence-corrected chi connectivity index (χ1v) is 4.22. The third-order valence-electron chi connectivity index (χ3n) is 1.58. The average molecular weight is 206 g/mol. The highest BCUT2D eigenvalue weighted by Gasteiger charge is 2.28. The molecule has 2 N–H and O–H groups in total. The Labute approximate surface area is 79.6 Å². The summed E-state index contributed by atoms with van der Waals surface area (Å²) in [6, 6.07) is 0. The molecule has 6 heteroatoms. The maximum atomic E-state index is 10.6. The molecule has 0 saturated heterocycles. The molecular formula is C6H8ClN3OS. The second-order valence-electron chi connectivity index (χ2n) is 2.58. The summed E-state index contributed by atoms with van der Waals surface area (Å²) in [4.78, 5) is 10.6. The Morgan fingerprint density at radius 2 is 2.17 bits per heavy atom. The van der Waals surface area contributed by atoms with Gasteiger partial charge in [0, 0.05) is 5.92 Å². The Morgan fingerprint density at radius 1 is 1.50 bits per heavy atom. The van der Waals surface area contributed by atoms with Gasteiger partial charge in [0.1, 0.15) is 5.01 Å². The Morgan fingerprint density at radius 3 is 2.58 bits per heavy atom. The molecule has 1 amide bonds. The third-order valence-corrected chi connectivity index (χ3v) is 2.68. The van der Waals surface area contributed by atoms with Crippen LogP contribution < -0.4 is 5.73 Å². The highest BCUT2D eigenvalue weighted by atomic mass is 35.5. The monoisotopic (exact) mass is 205 g/mol. The molecule has 4 nitrogen and oxygen atoms in total. The zero-order chi connectivity index (χ0) is 7.84. The largest absolute Gasteiger partial charge is 0.363 e. The van der Waals surface area contributed by atoms with Gasteiger partial charge in [0.2, 0.25) is 5.01 Å². The fourth-order valence-electron chi connectivity index (χ4n) is 0.829. The van der Waals surface area contributed by atoms with Crippen molar-refractivity contribution in [2.45, 2.75) is 18.8 Å². The second kappa shape index (κ2) is 3.37. The van der Waals surface area contributed by atoms with Crippen LogP contribution in [0.15, 0.2) is 0 Å². The van der Waals surface area contributed by atoms with Gasteiger partial charge in [0.05, 0.1) is 0 Å². The first-order chi connectivity index (χ1) is 5.27. The molecule has 1 saturated carbocycles. The summed E-state index contributed by atoms with van der Waals surface area (Å²) in [5.74, 6) is 0.0787. The Bertz CT molecular complexity index is 297. The van der Waals surface area contributed by atoms with Crippen LogP contribution >= 0.6 is 23.7 Å². The summed E-state index contributed by atoms with van der Waals surface area (Å²) >= 11 is 1.31. The molecule has 0 atom stereocenters. The molecule has 0 spiro atoms. The Balaban J connectivity index is 0.000000720. The van der Waals surface area contributed by atoms with Crippen molar-refractivity contribution in [1.82, 2.24) is 10.2 Å². The molecule has 1 heterocycles. The number of amides is 1. The van der Waals surface area contributed by atoms with Gasteiger partial charge in [-0.1, -0.05) is 11.3 Å². The topological polar surface area (TPSA) is 68.9 Å². The number of nitrogens with zero attached hydrogens (tertiary/aromatic N) is 2. The lowest BCUT2D eigenvalue weighted by Crippen LogP contribution is -2.10. The molecule has 1 aromatic rings. The van der Waals surface area contributed by atoms with Crippen LogP contribution in [0, 0.1) is 0 Å².